The van der Waals surface area contributed by atoms with E-state index in [9.17, 15) is 9.59 Å². The molecule has 0 saturated heterocycles. The zero-order valence-corrected chi connectivity index (χ0v) is 22.1. The third-order valence-corrected chi connectivity index (χ3v) is 6.41. The lowest BCUT2D eigenvalue weighted by Crippen LogP contribution is -2.29. The predicted molar refractivity (Wildman–Crippen MR) is 150 cm³/mol. The third-order valence-electron chi connectivity index (χ3n) is 5.67. The molecule has 2 N–H and O–H groups in total. The average Bonchev–Trinajstić information content (AvgIpc) is 2.93. The van der Waals surface area contributed by atoms with Gasteiger partial charge in [-0.25, -0.2) is 5.43 Å². The number of hydrazone groups is 1. The van der Waals surface area contributed by atoms with Crippen LogP contribution in [0.2, 0.25) is 10.0 Å². The Balaban J connectivity index is 1.27. The number of carbonyl (C=O) groups excluding carboxylic acids is 2. The van der Waals surface area contributed by atoms with E-state index in [0.717, 1.165) is 16.3 Å². The first-order valence-corrected chi connectivity index (χ1v) is 12.5. The third kappa shape index (κ3) is 7.03. The normalized spacial score (nSPS) is 10.9. The number of fused-ring (bicyclic) bond motifs is 1. The molecule has 0 heterocycles. The van der Waals surface area contributed by atoms with Crippen LogP contribution in [0.5, 0.6) is 11.5 Å². The number of hydrogen-bond acceptors (Lipinski definition) is 5. The second kappa shape index (κ2) is 12.9. The molecule has 9 heteroatoms. The number of halogens is 2. The van der Waals surface area contributed by atoms with E-state index in [-0.39, 0.29) is 29.8 Å². The summed E-state index contributed by atoms with van der Waals surface area (Å²) in [6.07, 6.45) is 1.55. The van der Waals surface area contributed by atoms with Gasteiger partial charge in [0.25, 0.3) is 5.91 Å². The van der Waals surface area contributed by atoms with Crippen molar-refractivity contribution in [1.82, 2.24) is 10.7 Å². The second-order valence-corrected chi connectivity index (χ2v) is 9.08. The molecule has 0 spiro atoms. The summed E-state index contributed by atoms with van der Waals surface area (Å²) in [4.78, 5) is 24.2. The Morgan fingerprint density at radius 3 is 2.55 bits per heavy atom. The van der Waals surface area contributed by atoms with Gasteiger partial charge in [-0.3, -0.25) is 9.59 Å². The molecule has 2 amide bonds. The van der Waals surface area contributed by atoms with Crippen LogP contribution in [-0.2, 0) is 11.4 Å². The van der Waals surface area contributed by atoms with Crippen LogP contribution in [0.3, 0.4) is 0 Å². The lowest BCUT2D eigenvalue weighted by molar-refractivity contribution is -0.120. The largest absolute Gasteiger partial charge is 0.493 e. The van der Waals surface area contributed by atoms with Crippen molar-refractivity contribution in [3.05, 3.63) is 106 Å². The summed E-state index contributed by atoms with van der Waals surface area (Å²) in [7, 11) is 1.56. The smallest absolute Gasteiger partial charge is 0.251 e. The monoisotopic (exact) mass is 549 g/mol. The van der Waals surface area contributed by atoms with Crippen LogP contribution in [0.15, 0.2) is 84.0 Å². The highest BCUT2D eigenvalue weighted by Crippen LogP contribution is 2.29. The van der Waals surface area contributed by atoms with Gasteiger partial charge in [-0.15, -0.1) is 0 Å². The Hall–Kier alpha value is -4.07. The first kappa shape index (κ1) is 27.0. The second-order valence-electron chi connectivity index (χ2n) is 8.27. The fourth-order valence-corrected chi connectivity index (χ4v) is 4.02. The van der Waals surface area contributed by atoms with E-state index in [0.29, 0.717) is 34.3 Å². The molecule has 0 atom stereocenters. The van der Waals surface area contributed by atoms with Crippen molar-refractivity contribution in [1.29, 1.82) is 0 Å². The number of rotatable bonds is 10. The summed E-state index contributed by atoms with van der Waals surface area (Å²) < 4.78 is 11.5. The van der Waals surface area contributed by atoms with Gasteiger partial charge in [0.15, 0.2) is 11.5 Å². The van der Waals surface area contributed by atoms with E-state index in [2.05, 4.69) is 34.0 Å². The van der Waals surface area contributed by atoms with Crippen molar-refractivity contribution in [2.24, 2.45) is 5.10 Å². The molecular formula is C29H25Cl2N3O4. The van der Waals surface area contributed by atoms with E-state index in [1.165, 1.54) is 12.3 Å². The molecule has 4 aromatic carbocycles. The number of methoxy groups -OCH3 is 1. The van der Waals surface area contributed by atoms with Crippen LogP contribution in [0, 0.1) is 0 Å². The molecule has 7 nitrogen and oxygen atoms in total. The van der Waals surface area contributed by atoms with Crippen LogP contribution in [-0.4, -0.2) is 31.7 Å². The van der Waals surface area contributed by atoms with Gasteiger partial charge in [0, 0.05) is 18.5 Å². The number of nitrogens with one attached hydrogen (secondary N) is 2. The molecule has 4 rings (SSSR count). The predicted octanol–water partition coefficient (Wildman–Crippen LogP) is 6.00. The minimum Gasteiger partial charge on any atom is -0.493 e. The van der Waals surface area contributed by atoms with Crippen LogP contribution in [0.25, 0.3) is 10.8 Å². The molecule has 38 heavy (non-hydrogen) atoms. The van der Waals surface area contributed by atoms with Crippen LogP contribution < -0.4 is 20.2 Å². The van der Waals surface area contributed by atoms with Crippen molar-refractivity contribution in [3.8, 4) is 11.5 Å². The Labute approximate surface area is 230 Å². The number of ether oxygens (including phenoxy) is 2. The molecule has 0 unspecified atom stereocenters. The van der Waals surface area contributed by atoms with Gasteiger partial charge in [0.05, 0.1) is 23.4 Å². The van der Waals surface area contributed by atoms with E-state index >= 15 is 0 Å². The van der Waals surface area contributed by atoms with Crippen LogP contribution in [0.1, 0.15) is 27.9 Å². The zero-order chi connectivity index (χ0) is 26.9. The first-order valence-electron chi connectivity index (χ1n) is 11.8. The van der Waals surface area contributed by atoms with Crippen molar-refractivity contribution in [2.45, 2.75) is 13.0 Å². The standard InChI is InChI=1S/C29H25Cl2N3O4/c1-37-27-15-19(9-12-26(27)38-18-22-7-4-6-20-5-2-3-8-23(20)22)17-33-34-28(35)13-14-32-29(36)21-10-11-24(30)25(31)16-21/h2-12,15-17H,13-14,18H2,1H3,(H,32,36)(H,34,35). The van der Waals surface area contributed by atoms with Gasteiger partial charge in [-0.1, -0.05) is 65.7 Å². The topological polar surface area (TPSA) is 89.0 Å². The van der Waals surface area contributed by atoms with Crippen molar-refractivity contribution >= 4 is 52.0 Å². The lowest BCUT2D eigenvalue weighted by Gasteiger charge is -2.12. The zero-order valence-electron chi connectivity index (χ0n) is 20.5. The summed E-state index contributed by atoms with van der Waals surface area (Å²) >= 11 is 11.8. The Morgan fingerprint density at radius 2 is 1.74 bits per heavy atom. The highest BCUT2D eigenvalue weighted by atomic mass is 35.5. The molecule has 194 valence electrons. The van der Waals surface area contributed by atoms with E-state index in [4.69, 9.17) is 32.7 Å². The molecular weight excluding hydrogens is 525 g/mol. The Morgan fingerprint density at radius 1 is 0.921 bits per heavy atom. The average molecular weight is 550 g/mol. The van der Waals surface area contributed by atoms with Gasteiger partial charge in [-0.05, 0) is 58.3 Å². The van der Waals surface area contributed by atoms with Crippen LogP contribution in [0.4, 0.5) is 0 Å². The first-order chi connectivity index (χ1) is 18.4. The SMILES string of the molecule is COc1cc(C=NNC(=O)CCNC(=O)c2ccc(Cl)c(Cl)c2)ccc1OCc1cccc2ccccc12. The molecule has 4 aromatic rings. The summed E-state index contributed by atoms with van der Waals surface area (Å²) in [6.45, 7) is 0.528. The van der Waals surface area contributed by atoms with E-state index in [1.54, 1.807) is 31.4 Å². The number of nitrogens with zero attached hydrogens (tertiary/aromatic N) is 1. The van der Waals surface area contributed by atoms with Gasteiger partial charge in [-0.2, -0.15) is 5.10 Å². The maximum absolute atomic E-state index is 12.2. The Kier molecular flexibility index (Phi) is 9.19. The number of hydrogen-bond donors (Lipinski definition) is 2. The summed E-state index contributed by atoms with van der Waals surface area (Å²) in [5.74, 6) is 0.442. The minimum atomic E-state index is -0.352. The molecule has 0 fully saturated rings. The van der Waals surface area contributed by atoms with E-state index < -0.39 is 0 Å². The molecule has 0 aliphatic rings. The summed E-state index contributed by atoms with van der Waals surface area (Å²) in [5.41, 5.74) is 4.59. The van der Waals surface area contributed by atoms with Crippen LogP contribution >= 0.6 is 23.2 Å². The van der Waals surface area contributed by atoms with Crippen molar-refractivity contribution in [2.75, 3.05) is 13.7 Å². The van der Waals surface area contributed by atoms with Crippen molar-refractivity contribution < 1.29 is 19.1 Å². The molecule has 0 aliphatic heterocycles. The number of benzene rings is 4. The maximum atomic E-state index is 12.2. The lowest BCUT2D eigenvalue weighted by atomic mass is 10.1. The quantitative estimate of drug-likeness (QED) is 0.187. The molecule has 0 aliphatic carbocycles. The number of carbonyl (C=O) groups is 2. The highest BCUT2D eigenvalue weighted by molar-refractivity contribution is 6.42. The Bertz CT molecular complexity index is 1480. The maximum Gasteiger partial charge on any atom is 0.251 e. The van der Waals surface area contributed by atoms with Gasteiger partial charge in [0.2, 0.25) is 5.91 Å². The fraction of sp³-hybridized carbons (Fsp3) is 0.138. The summed E-state index contributed by atoms with van der Waals surface area (Å²) in [5, 5.41) is 9.59. The van der Waals surface area contributed by atoms with E-state index in [1.807, 2.05) is 30.3 Å². The molecule has 0 radical (unpaired) electrons. The molecule has 0 aromatic heterocycles. The van der Waals surface area contributed by atoms with Gasteiger partial charge < -0.3 is 14.8 Å². The number of amides is 2. The summed E-state index contributed by atoms with van der Waals surface area (Å²) in [6, 6.07) is 24.2. The molecule has 0 bridgehead atoms. The molecule has 0 saturated carbocycles. The fourth-order valence-electron chi connectivity index (χ4n) is 3.72. The van der Waals surface area contributed by atoms with Crippen molar-refractivity contribution in [3.63, 3.8) is 0 Å². The van der Waals surface area contributed by atoms with Gasteiger partial charge in [0.1, 0.15) is 6.61 Å². The minimum absolute atomic E-state index is 0.0503. The van der Waals surface area contributed by atoms with Gasteiger partial charge >= 0.3 is 0 Å². The highest BCUT2D eigenvalue weighted by Gasteiger charge is 2.10.